The van der Waals surface area contributed by atoms with Crippen molar-refractivity contribution in [1.82, 2.24) is 4.90 Å². The average Bonchev–Trinajstić information content (AvgIpc) is 2.84. The molecule has 0 aromatic heterocycles. The number of anilines is 1. The third kappa shape index (κ3) is 6.28. The Hall–Kier alpha value is -2.08. The Labute approximate surface area is 202 Å². The maximum Gasteiger partial charge on any atom is 0.235 e. The summed E-state index contributed by atoms with van der Waals surface area (Å²) in [6, 6.07) is 15.3. The summed E-state index contributed by atoms with van der Waals surface area (Å²) in [4.78, 5) is 16.0. The van der Waals surface area contributed by atoms with E-state index in [1.54, 1.807) is 0 Å². The molecular weight excluding hydrogens is 436 g/mol. The van der Waals surface area contributed by atoms with Gasteiger partial charge in [-0.2, -0.15) is 0 Å². The zero-order chi connectivity index (χ0) is 23.1. The number of carbonyl (C=O) groups excluding carboxylic acids is 1. The number of amides is 1. The SMILES string of the molecule is C[C@H]1CCCN(CCCOc2ccc(NC(=O)C3(c4ccc(Cl)cc4)CCOCC3)cc2)C1. The summed E-state index contributed by atoms with van der Waals surface area (Å²) < 4.78 is 11.5. The van der Waals surface area contributed by atoms with E-state index >= 15 is 0 Å². The van der Waals surface area contributed by atoms with Crippen molar-refractivity contribution in [2.45, 2.75) is 44.4 Å². The number of nitrogens with one attached hydrogen (secondary N) is 1. The number of piperidine rings is 1. The maximum atomic E-state index is 13.4. The predicted octanol–water partition coefficient (Wildman–Crippen LogP) is 5.53. The van der Waals surface area contributed by atoms with Gasteiger partial charge in [-0.05, 0) is 86.5 Å². The molecule has 2 aromatic rings. The highest BCUT2D eigenvalue weighted by molar-refractivity contribution is 6.30. The molecule has 0 aliphatic carbocycles. The van der Waals surface area contributed by atoms with Crippen LogP contribution in [0.25, 0.3) is 0 Å². The highest BCUT2D eigenvalue weighted by atomic mass is 35.5. The Bertz CT molecular complexity index is 895. The van der Waals surface area contributed by atoms with Crippen LogP contribution in [-0.2, 0) is 14.9 Å². The molecule has 0 unspecified atom stereocenters. The Kier molecular flexibility index (Phi) is 8.29. The van der Waals surface area contributed by atoms with E-state index in [1.165, 1.54) is 25.9 Å². The fraction of sp³-hybridized carbons (Fsp3) is 0.519. The number of rotatable bonds is 8. The van der Waals surface area contributed by atoms with Crippen LogP contribution in [0.1, 0.15) is 44.6 Å². The van der Waals surface area contributed by atoms with Gasteiger partial charge in [-0.25, -0.2) is 0 Å². The summed E-state index contributed by atoms with van der Waals surface area (Å²) in [5.74, 6) is 1.64. The Morgan fingerprint density at radius 1 is 1.15 bits per heavy atom. The molecule has 33 heavy (non-hydrogen) atoms. The summed E-state index contributed by atoms with van der Waals surface area (Å²) in [5.41, 5.74) is 1.15. The van der Waals surface area contributed by atoms with Crippen LogP contribution in [-0.4, -0.2) is 50.3 Å². The van der Waals surface area contributed by atoms with Crippen molar-refractivity contribution in [3.63, 3.8) is 0 Å². The van der Waals surface area contributed by atoms with E-state index in [-0.39, 0.29) is 5.91 Å². The average molecular weight is 471 g/mol. The molecule has 1 N–H and O–H groups in total. The molecule has 1 amide bonds. The topological polar surface area (TPSA) is 50.8 Å². The number of halogens is 1. The normalized spacial score (nSPS) is 20.8. The van der Waals surface area contributed by atoms with E-state index in [0.717, 1.165) is 35.9 Å². The molecule has 2 fully saturated rings. The van der Waals surface area contributed by atoms with Crippen LogP contribution in [0.3, 0.4) is 0 Å². The smallest absolute Gasteiger partial charge is 0.235 e. The molecule has 2 saturated heterocycles. The van der Waals surface area contributed by atoms with Crippen LogP contribution in [0.15, 0.2) is 48.5 Å². The van der Waals surface area contributed by atoms with E-state index in [1.807, 2.05) is 48.5 Å². The van der Waals surface area contributed by atoms with Gasteiger partial charge in [0.05, 0.1) is 12.0 Å². The van der Waals surface area contributed by atoms with Gasteiger partial charge in [0, 0.05) is 37.0 Å². The molecule has 4 rings (SSSR count). The number of benzene rings is 2. The zero-order valence-electron chi connectivity index (χ0n) is 19.5. The second-order valence-corrected chi connectivity index (χ2v) is 9.87. The molecular formula is C27H35ClN2O3. The molecule has 178 valence electrons. The van der Waals surface area contributed by atoms with Crippen molar-refractivity contribution in [3.8, 4) is 5.75 Å². The van der Waals surface area contributed by atoms with Gasteiger partial charge in [0.1, 0.15) is 5.75 Å². The molecule has 0 bridgehead atoms. The lowest BCUT2D eigenvalue weighted by Crippen LogP contribution is -2.44. The molecule has 0 saturated carbocycles. The highest BCUT2D eigenvalue weighted by Crippen LogP contribution is 2.37. The quantitative estimate of drug-likeness (QED) is 0.515. The van der Waals surface area contributed by atoms with E-state index < -0.39 is 5.41 Å². The van der Waals surface area contributed by atoms with Gasteiger partial charge in [0.25, 0.3) is 0 Å². The standard InChI is InChI=1S/C27H35ClN2O3/c1-21-4-2-15-30(20-21)16-3-17-33-25-11-9-24(10-12-25)29-26(31)27(13-18-32-19-14-27)22-5-7-23(28)8-6-22/h5-12,21H,2-4,13-20H2,1H3,(H,29,31)/t21-/m0/s1. The molecule has 2 heterocycles. The maximum absolute atomic E-state index is 13.4. The molecule has 1 atom stereocenters. The second kappa shape index (κ2) is 11.4. The number of likely N-dealkylation sites (tertiary alicyclic amines) is 1. The Balaban J connectivity index is 1.31. The molecule has 5 nitrogen and oxygen atoms in total. The minimum Gasteiger partial charge on any atom is -0.494 e. The molecule has 2 aliphatic rings. The minimum atomic E-state index is -0.607. The van der Waals surface area contributed by atoms with Crippen molar-refractivity contribution < 1.29 is 14.3 Å². The van der Waals surface area contributed by atoms with Crippen LogP contribution < -0.4 is 10.1 Å². The molecule has 2 aromatic carbocycles. The highest BCUT2D eigenvalue weighted by Gasteiger charge is 2.41. The van der Waals surface area contributed by atoms with E-state index in [4.69, 9.17) is 21.1 Å². The van der Waals surface area contributed by atoms with E-state index in [0.29, 0.717) is 37.7 Å². The monoisotopic (exact) mass is 470 g/mol. The van der Waals surface area contributed by atoms with Crippen molar-refractivity contribution in [3.05, 3.63) is 59.1 Å². The lowest BCUT2D eigenvalue weighted by atomic mass is 9.73. The predicted molar refractivity (Wildman–Crippen MR) is 133 cm³/mol. The third-order valence-electron chi connectivity index (χ3n) is 6.92. The van der Waals surface area contributed by atoms with Crippen LogP contribution in [0.5, 0.6) is 5.75 Å². The van der Waals surface area contributed by atoms with Crippen molar-refractivity contribution in [1.29, 1.82) is 0 Å². The minimum absolute atomic E-state index is 0.00227. The van der Waals surface area contributed by atoms with Gasteiger partial charge >= 0.3 is 0 Å². The first kappa shape index (κ1) is 24.1. The molecule has 0 radical (unpaired) electrons. The van der Waals surface area contributed by atoms with E-state index in [2.05, 4.69) is 17.1 Å². The first-order valence-electron chi connectivity index (χ1n) is 12.2. The third-order valence-corrected chi connectivity index (χ3v) is 7.17. The van der Waals surface area contributed by atoms with Crippen molar-refractivity contribution in [2.24, 2.45) is 5.92 Å². The fourth-order valence-electron chi connectivity index (χ4n) is 4.99. The van der Waals surface area contributed by atoms with Gasteiger partial charge < -0.3 is 19.7 Å². The van der Waals surface area contributed by atoms with Crippen molar-refractivity contribution in [2.75, 3.05) is 44.8 Å². The van der Waals surface area contributed by atoms with Gasteiger partial charge in [-0.3, -0.25) is 4.79 Å². The number of carbonyl (C=O) groups is 1. The summed E-state index contributed by atoms with van der Waals surface area (Å²) in [5, 5.41) is 3.79. The Morgan fingerprint density at radius 2 is 1.88 bits per heavy atom. The Morgan fingerprint density at radius 3 is 2.58 bits per heavy atom. The van der Waals surface area contributed by atoms with Crippen LogP contribution in [0.2, 0.25) is 5.02 Å². The summed E-state index contributed by atoms with van der Waals surface area (Å²) in [6.07, 6.45) is 4.98. The van der Waals surface area contributed by atoms with Crippen LogP contribution in [0.4, 0.5) is 5.69 Å². The number of hydrogen-bond donors (Lipinski definition) is 1. The van der Waals surface area contributed by atoms with Crippen molar-refractivity contribution >= 4 is 23.2 Å². The van der Waals surface area contributed by atoms with Gasteiger partial charge in [-0.1, -0.05) is 30.7 Å². The van der Waals surface area contributed by atoms with E-state index in [9.17, 15) is 4.79 Å². The van der Waals surface area contributed by atoms with Crippen LogP contribution in [0, 0.1) is 5.92 Å². The summed E-state index contributed by atoms with van der Waals surface area (Å²) in [6.45, 7) is 7.69. The number of nitrogens with zero attached hydrogens (tertiary/aromatic N) is 1. The zero-order valence-corrected chi connectivity index (χ0v) is 20.3. The molecule has 2 aliphatic heterocycles. The lowest BCUT2D eigenvalue weighted by molar-refractivity contribution is -0.125. The van der Waals surface area contributed by atoms with Gasteiger partial charge in [0.2, 0.25) is 5.91 Å². The molecule has 0 spiro atoms. The summed E-state index contributed by atoms with van der Waals surface area (Å²) in [7, 11) is 0. The second-order valence-electron chi connectivity index (χ2n) is 9.43. The molecule has 6 heteroatoms. The number of hydrogen-bond acceptors (Lipinski definition) is 4. The first-order chi connectivity index (χ1) is 16.0. The number of ether oxygens (including phenoxy) is 2. The van der Waals surface area contributed by atoms with Crippen LogP contribution >= 0.6 is 11.6 Å². The largest absolute Gasteiger partial charge is 0.494 e. The first-order valence-corrected chi connectivity index (χ1v) is 12.5. The summed E-state index contributed by atoms with van der Waals surface area (Å²) >= 11 is 6.07. The fourth-order valence-corrected chi connectivity index (χ4v) is 5.11. The lowest BCUT2D eigenvalue weighted by Gasteiger charge is -2.36. The van der Waals surface area contributed by atoms with Gasteiger partial charge in [0.15, 0.2) is 0 Å². The van der Waals surface area contributed by atoms with Gasteiger partial charge in [-0.15, -0.1) is 0 Å².